The number of benzene rings is 1. The molecule has 0 heterocycles. The Kier molecular flexibility index (Phi) is 3.66. The summed E-state index contributed by atoms with van der Waals surface area (Å²) in [7, 11) is 0. The molecule has 0 amide bonds. The number of carbonyl (C=O) groups excluding carboxylic acids is 1. The number of hydrogen-bond donors (Lipinski definition) is 0. The van der Waals surface area contributed by atoms with Crippen molar-refractivity contribution in [2.45, 2.75) is 32.6 Å². The van der Waals surface area contributed by atoms with Crippen molar-refractivity contribution >= 4 is 21.7 Å². The Balaban J connectivity index is 1.85. The molecule has 2 aliphatic carbocycles. The van der Waals surface area contributed by atoms with Crippen molar-refractivity contribution in [2.24, 2.45) is 17.8 Å². The zero-order valence-electron chi connectivity index (χ0n) is 11.2. The van der Waals surface area contributed by atoms with Gasteiger partial charge in [0, 0.05) is 10.4 Å². The molecule has 0 saturated heterocycles. The van der Waals surface area contributed by atoms with Gasteiger partial charge in [-0.15, -0.1) is 0 Å². The van der Waals surface area contributed by atoms with Crippen molar-refractivity contribution in [1.29, 1.82) is 0 Å². The molecule has 2 aliphatic rings. The summed E-state index contributed by atoms with van der Waals surface area (Å²) in [4.78, 5) is 12.7. The van der Waals surface area contributed by atoms with E-state index in [9.17, 15) is 4.79 Å². The maximum absolute atomic E-state index is 12.7. The van der Waals surface area contributed by atoms with Crippen LogP contribution in [0.2, 0.25) is 0 Å². The van der Waals surface area contributed by atoms with Crippen LogP contribution < -0.4 is 4.74 Å². The molecule has 0 spiro atoms. The van der Waals surface area contributed by atoms with Crippen molar-refractivity contribution in [2.75, 3.05) is 6.61 Å². The second kappa shape index (κ2) is 5.28. The molecule has 2 nitrogen and oxygen atoms in total. The Morgan fingerprint density at radius 2 is 2.00 bits per heavy atom. The molecule has 0 bridgehead atoms. The average Bonchev–Trinajstić information content (AvgIpc) is 3.14. The molecule has 0 radical (unpaired) electrons. The van der Waals surface area contributed by atoms with E-state index in [1.165, 1.54) is 25.7 Å². The molecule has 0 aromatic heterocycles. The number of halogens is 1. The average molecular weight is 323 g/mol. The third-order valence-electron chi connectivity index (χ3n) is 4.47. The van der Waals surface area contributed by atoms with Crippen molar-refractivity contribution < 1.29 is 9.53 Å². The molecule has 0 N–H and O–H groups in total. The molecule has 2 saturated carbocycles. The van der Waals surface area contributed by atoms with Crippen LogP contribution in [0.5, 0.6) is 5.75 Å². The van der Waals surface area contributed by atoms with E-state index in [4.69, 9.17) is 4.74 Å². The predicted molar refractivity (Wildman–Crippen MR) is 78.6 cm³/mol. The van der Waals surface area contributed by atoms with Gasteiger partial charge in [-0.25, -0.2) is 0 Å². The molecule has 19 heavy (non-hydrogen) atoms. The van der Waals surface area contributed by atoms with E-state index in [-0.39, 0.29) is 5.92 Å². The van der Waals surface area contributed by atoms with Crippen molar-refractivity contribution in [3.05, 3.63) is 28.2 Å². The first-order valence-corrected chi connectivity index (χ1v) is 7.98. The van der Waals surface area contributed by atoms with Crippen LogP contribution in [0.4, 0.5) is 0 Å². The Labute approximate surface area is 122 Å². The SMILES string of the molecule is CCOc1ccc(Br)cc1C(=O)C1C2CCCCC21. The zero-order chi connectivity index (χ0) is 13.4. The summed E-state index contributed by atoms with van der Waals surface area (Å²) in [5.74, 6) is 2.58. The van der Waals surface area contributed by atoms with Gasteiger partial charge in [-0.3, -0.25) is 4.79 Å². The molecule has 1 aromatic rings. The number of hydrogen-bond acceptors (Lipinski definition) is 2. The van der Waals surface area contributed by atoms with E-state index in [2.05, 4.69) is 15.9 Å². The third kappa shape index (κ3) is 2.45. The van der Waals surface area contributed by atoms with Gasteiger partial charge in [0.25, 0.3) is 0 Å². The van der Waals surface area contributed by atoms with Crippen LogP contribution in [0, 0.1) is 17.8 Å². The standard InChI is InChI=1S/C16H19BrO2/c1-2-19-14-8-7-10(17)9-13(14)16(18)15-11-5-3-4-6-12(11)15/h7-9,11-12,15H,2-6H2,1H3. The van der Waals surface area contributed by atoms with E-state index in [0.717, 1.165) is 15.8 Å². The molecule has 3 heteroatoms. The number of Topliss-reactive ketones (excluding diaryl/α,β-unsaturated/α-hetero) is 1. The van der Waals surface area contributed by atoms with Gasteiger partial charge in [-0.05, 0) is 49.8 Å². The van der Waals surface area contributed by atoms with Gasteiger partial charge in [-0.2, -0.15) is 0 Å². The van der Waals surface area contributed by atoms with E-state index in [0.29, 0.717) is 24.2 Å². The van der Waals surface area contributed by atoms with Gasteiger partial charge in [-0.1, -0.05) is 28.8 Å². The van der Waals surface area contributed by atoms with Gasteiger partial charge < -0.3 is 4.74 Å². The predicted octanol–water partition coefficient (Wildman–Crippen LogP) is 4.47. The van der Waals surface area contributed by atoms with Crippen LogP contribution in [0.1, 0.15) is 43.0 Å². The first-order valence-electron chi connectivity index (χ1n) is 7.19. The van der Waals surface area contributed by atoms with E-state index in [1.807, 2.05) is 25.1 Å². The second-order valence-corrected chi connectivity index (χ2v) is 6.49. The van der Waals surface area contributed by atoms with Crippen molar-refractivity contribution in [1.82, 2.24) is 0 Å². The van der Waals surface area contributed by atoms with Crippen LogP contribution in [-0.4, -0.2) is 12.4 Å². The van der Waals surface area contributed by atoms with Crippen molar-refractivity contribution in [3.63, 3.8) is 0 Å². The molecule has 3 rings (SSSR count). The number of rotatable bonds is 4. The van der Waals surface area contributed by atoms with E-state index < -0.39 is 0 Å². The first-order chi connectivity index (χ1) is 9.22. The Bertz CT molecular complexity index is 486. The highest BCUT2D eigenvalue weighted by Crippen LogP contribution is 2.57. The number of ketones is 1. The van der Waals surface area contributed by atoms with Gasteiger partial charge >= 0.3 is 0 Å². The van der Waals surface area contributed by atoms with Crippen LogP contribution in [-0.2, 0) is 0 Å². The maximum Gasteiger partial charge on any atom is 0.170 e. The van der Waals surface area contributed by atoms with Crippen LogP contribution >= 0.6 is 15.9 Å². The van der Waals surface area contributed by atoms with E-state index in [1.54, 1.807) is 0 Å². The highest BCUT2D eigenvalue weighted by atomic mass is 79.9. The van der Waals surface area contributed by atoms with Gasteiger partial charge in [0.1, 0.15) is 5.75 Å². The molecule has 0 aliphatic heterocycles. The summed E-state index contributed by atoms with van der Waals surface area (Å²) in [5, 5.41) is 0. The summed E-state index contributed by atoms with van der Waals surface area (Å²) in [6.07, 6.45) is 5.06. The third-order valence-corrected chi connectivity index (χ3v) is 4.96. The van der Waals surface area contributed by atoms with Gasteiger partial charge in [0.15, 0.2) is 5.78 Å². The minimum atomic E-state index is 0.260. The minimum absolute atomic E-state index is 0.260. The molecular formula is C16H19BrO2. The molecule has 2 unspecified atom stereocenters. The fraction of sp³-hybridized carbons (Fsp3) is 0.562. The first kappa shape index (κ1) is 13.2. The summed E-state index contributed by atoms with van der Waals surface area (Å²) >= 11 is 3.45. The van der Waals surface area contributed by atoms with Gasteiger partial charge in [0.2, 0.25) is 0 Å². The number of ether oxygens (including phenoxy) is 1. The Hall–Kier alpha value is -0.830. The smallest absolute Gasteiger partial charge is 0.170 e. The van der Waals surface area contributed by atoms with Gasteiger partial charge in [0.05, 0.1) is 12.2 Å². The topological polar surface area (TPSA) is 26.3 Å². The number of carbonyl (C=O) groups is 1. The second-order valence-electron chi connectivity index (χ2n) is 5.58. The largest absolute Gasteiger partial charge is 0.493 e. The summed E-state index contributed by atoms with van der Waals surface area (Å²) in [6, 6.07) is 5.74. The fourth-order valence-corrected chi connectivity index (χ4v) is 3.90. The highest BCUT2D eigenvalue weighted by molar-refractivity contribution is 9.10. The molecule has 1 aromatic carbocycles. The lowest BCUT2D eigenvalue weighted by Gasteiger charge is -2.09. The Morgan fingerprint density at radius 1 is 1.32 bits per heavy atom. The molecule has 2 atom stereocenters. The quantitative estimate of drug-likeness (QED) is 0.764. The monoisotopic (exact) mass is 322 g/mol. The lowest BCUT2D eigenvalue weighted by Crippen LogP contribution is -2.08. The Morgan fingerprint density at radius 3 is 2.63 bits per heavy atom. The van der Waals surface area contributed by atoms with Crippen LogP contribution in [0.15, 0.2) is 22.7 Å². The summed E-state index contributed by atoms with van der Waals surface area (Å²) in [5.41, 5.74) is 0.760. The summed E-state index contributed by atoms with van der Waals surface area (Å²) in [6.45, 7) is 2.55. The summed E-state index contributed by atoms with van der Waals surface area (Å²) < 4.78 is 6.55. The van der Waals surface area contributed by atoms with Crippen molar-refractivity contribution in [3.8, 4) is 5.75 Å². The van der Waals surface area contributed by atoms with E-state index >= 15 is 0 Å². The van der Waals surface area contributed by atoms with Crippen LogP contribution in [0.25, 0.3) is 0 Å². The normalized spacial score (nSPS) is 28.6. The molecular weight excluding hydrogens is 304 g/mol. The fourth-order valence-electron chi connectivity index (χ4n) is 3.54. The molecule has 102 valence electrons. The number of fused-ring (bicyclic) bond motifs is 1. The minimum Gasteiger partial charge on any atom is -0.493 e. The molecule has 2 fully saturated rings. The maximum atomic E-state index is 12.7. The zero-order valence-corrected chi connectivity index (χ0v) is 12.8. The lowest BCUT2D eigenvalue weighted by atomic mass is 10.0. The van der Waals surface area contributed by atoms with Crippen LogP contribution in [0.3, 0.4) is 0 Å². The highest BCUT2D eigenvalue weighted by Gasteiger charge is 2.54. The lowest BCUT2D eigenvalue weighted by molar-refractivity contribution is 0.0952.